The first-order chi connectivity index (χ1) is 23.0. The number of fused-ring (bicyclic) bond motifs is 1. The Morgan fingerprint density at radius 3 is 2.08 bits per heavy atom. The zero-order valence-corrected chi connectivity index (χ0v) is 28.4. The van der Waals surface area contributed by atoms with Crippen molar-refractivity contribution in [2.75, 3.05) is 0 Å². The summed E-state index contributed by atoms with van der Waals surface area (Å²) in [6.07, 6.45) is -2.21. The van der Waals surface area contributed by atoms with Crippen molar-refractivity contribution in [2.45, 2.75) is 84.1 Å². The second-order valence-electron chi connectivity index (χ2n) is 13.4. The van der Waals surface area contributed by atoms with Crippen molar-refractivity contribution in [3.8, 4) is 0 Å². The van der Waals surface area contributed by atoms with Gasteiger partial charge in [-0.1, -0.05) is 64.6 Å². The first kappa shape index (κ1) is 37.1. The highest BCUT2D eigenvalue weighted by Crippen LogP contribution is 2.49. The van der Waals surface area contributed by atoms with Crippen molar-refractivity contribution in [1.82, 2.24) is 4.98 Å². The first-order valence-corrected chi connectivity index (χ1v) is 16.0. The lowest BCUT2D eigenvalue weighted by atomic mass is 9.72. The topological polar surface area (TPSA) is 176 Å². The average molecular weight is 678 g/mol. The van der Waals surface area contributed by atoms with E-state index in [1.807, 2.05) is 0 Å². The number of aliphatic hydroxyl groups excluding tert-OH is 1. The number of ketones is 1. The molecule has 2 N–H and O–H groups in total. The molecule has 0 bridgehead atoms. The van der Waals surface area contributed by atoms with Crippen LogP contribution in [0.2, 0.25) is 0 Å². The molecule has 9 atom stereocenters. The van der Waals surface area contributed by atoms with Gasteiger partial charge in [0.2, 0.25) is 0 Å². The molecule has 0 amide bonds. The number of hydrogen-bond donors (Lipinski definition) is 2. The molecule has 1 fully saturated rings. The number of rotatable bonds is 6. The van der Waals surface area contributed by atoms with Gasteiger partial charge >= 0.3 is 23.9 Å². The number of pyridine rings is 1. The molecule has 2 aliphatic rings. The quantitative estimate of drug-likeness (QED) is 0.257. The van der Waals surface area contributed by atoms with Crippen molar-refractivity contribution < 1.29 is 53.1 Å². The molecular weight excluding hydrogens is 634 g/mol. The molecule has 12 nitrogen and oxygen atoms in total. The molecule has 2 aromatic rings. The molecular formula is C37H43NO11. The molecule has 2 aliphatic carbocycles. The first-order valence-electron chi connectivity index (χ1n) is 16.0. The van der Waals surface area contributed by atoms with Crippen LogP contribution in [0.15, 0.2) is 79.2 Å². The number of Topliss-reactive ketones (excluding diaryl/α,β-unsaturated/α-hetero) is 1. The van der Waals surface area contributed by atoms with E-state index in [1.54, 1.807) is 52.0 Å². The van der Waals surface area contributed by atoms with Crippen LogP contribution in [0.4, 0.5) is 0 Å². The maximum Gasteiger partial charge on any atom is 0.340 e. The zero-order valence-electron chi connectivity index (χ0n) is 28.4. The fourth-order valence-corrected chi connectivity index (χ4v) is 6.74. The molecule has 49 heavy (non-hydrogen) atoms. The molecule has 4 rings (SSSR count). The smallest absolute Gasteiger partial charge is 0.340 e. The van der Waals surface area contributed by atoms with Crippen LogP contribution in [0.3, 0.4) is 0 Å². The van der Waals surface area contributed by atoms with Gasteiger partial charge in [-0.25, -0.2) is 9.59 Å². The van der Waals surface area contributed by atoms with E-state index >= 15 is 0 Å². The Bertz CT molecular complexity index is 1600. The molecule has 1 heterocycles. The van der Waals surface area contributed by atoms with Crippen LogP contribution in [-0.4, -0.2) is 81.0 Å². The molecule has 0 unspecified atom stereocenters. The van der Waals surface area contributed by atoms with Gasteiger partial charge in [-0.05, 0) is 36.6 Å². The van der Waals surface area contributed by atoms with Gasteiger partial charge in [-0.3, -0.25) is 19.4 Å². The van der Waals surface area contributed by atoms with Crippen molar-refractivity contribution in [3.05, 3.63) is 90.3 Å². The molecule has 1 aromatic heterocycles. The summed E-state index contributed by atoms with van der Waals surface area (Å²) in [5.74, 6) is -6.95. The lowest BCUT2D eigenvalue weighted by Crippen LogP contribution is -2.57. The molecule has 262 valence electrons. The fraction of sp³-hybridized carbons (Fsp3) is 0.459. The van der Waals surface area contributed by atoms with Gasteiger partial charge in [0.05, 0.1) is 17.0 Å². The summed E-state index contributed by atoms with van der Waals surface area (Å²) in [6, 6.07) is 10.9. The van der Waals surface area contributed by atoms with Gasteiger partial charge < -0.3 is 29.2 Å². The molecule has 0 aliphatic heterocycles. The molecule has 0 saturated heterocycles. The summed E-state index contributed by atoms with van der Waals surface area (Å²) in [4.78, 5) is 70.2. The normalized spacial score (nSPS) is 32.0. The highest BCUT2D eigenvalue weighted by atomic mass is 16.6. The van der Waals surface area contributed by atoms with Crippen LogP contribution in [0, 0.1) is 23.2 Å². The number of esters is 4. The van der Waals surface area contributed by atoms with E-state index in [4.69, 9.17) is 18.9 Å². The Morgan fingerprint density at radius 1 is 0.878 bits per heavy atom. The highest BCUT2D eigenvalue weighted by Gasteiger charge is 2.63. The minimum atomic E-state index is -2.22. The van der Waals surface area contributed by atoms with Crippen LogP contribution in [0.1, 0.15) is 68.7 Å². The summed E-state index contributed by atoms with van der Waals surface area (Å²) in [5.41, 5.74) is -3.53. The summed E-state index contributed by atoms with van der Waals surface area (Å²) >= 11 is 0. The molecule has 1 aromatic carbocycles. The monoisotopic (exact) mass is 677 g/mol. The van der Waals surface area contributed by atoms with Gasteiger partial charge in [-0.2, -0.15) is 0 Å². The van der Waals surface area contributed by atoms with Gasteiger partial charge in [0.15, 0.2) is 11.9 Å². The summed E-state index contributed by atoms with van der Waals surface area (Å²) in [7, 11) is 0. The largest absolute Gasteiger partial charge is 0.462 e. The summed E-state index contributed by atoms with van der Waals surface area (Å²) in [5, 5.41) is 24.5. The van der Waals surface area contributed by atoms with Crippen molar-refractivity contribution in [3.63, 3.8) is 0 Å². The van der Waals surface area contributed by atoms with E-state index in [0.717, 1.165) is 6.92 Å². The molecule has 0 radical (unpaired) electrons. The molecule has 1 saturated carbocycles. The Morgan fingerprint density at radius 2 is 1.49 bits per heavy atom. The fourth-order valence-electron chi connectivity index (χ4n) is 6.74. The van der Waals surface area contributed by atoms with Crippen molar-refractivity contribution in [2.24, 2.45) is 23.2 Å². The number of ether oxygens (including phenoxy) is 4. The Hall–Kier alpha value is -4.68. The number of benzene rings is 1. The SMILES string of the molecule is C=C1[C@H](OC(=O)c2ccccc2)[C@@H](O)[C@@H](OC(=O)c2cccnc2)C(C)(C)/C=C/[C@@H](C)C(=O)[C@@]2(O)C[C@H](C)[C@H](OC(C)=O)[C@@H]2[C@H]1OC(C)=O. The number of aliphatic hydroxyl groups is 2. The van der Waals surface area contributed by atoms with Gasteiger partial charge in [0.1, 0.15) is 30.0 Å². The molecule has 12 heteroatoms. The predicted molar refractivity (Wildman–Crippen MR) is 175 cm³/mol. The second kappa shape index (κ2) is 14.8. The van der Waals surface area contributed by atoms with E-state index in [2.05, 4.69) is 11.6 Å². The lowest BCUT2D eigenvalue weighted by Gasteiger charge is -2.43. The van der Waals surface area contributed by atoms with E-state index in [1.165, 1.54) is 49.7 Å². The third-order valence-corrected chi connectivity index (χ3v) is 9.13. The van der Waals surface area contributed by atoms with Crippen LogP contribution in [-0.2, 0) is 33.3 Å². The summed E-state index contributed by atoms with van der Waals surface area (Å²) < 4.78 is 23.2. The maximum absolute atomic E-state index is 14.2. The van der Waals surface area contributed by atoms with Gasteiger partial charge in [0, 0.05) is 43.1 Å². The summed E-state index contributed by atoms with van der Waals surface area (Å²) in [6.45, 7) is 12.9. The maximum atomic E-state index is 14.2. The van der Waals surface area contributed by atoms with Crippen LogP contribution >= 0.6 is 0 Å². The van der Waals surface area contributed by atoms with E-state index in [9.17, 15) is 34.2 Å². The van der Waals surface area contributed by atoms with Crippen LogP contribution in [0.25, 0.3) is 0 Å². The van der Waals surface area contributed by atoms with Gasteiger partial charge in [-0.15, -0.1) is 0 Å². The molecule has 0 spiro atoms. The predicted octanol–water partition coefficient (Wildman–Crippen LogP) is 3.80. The second-order valence-corrected chi connectivity index (χ2v) is 13.4. The standard InChI is InChI=1S/C37H43NO11/c1-20-15-16-36(6,7)33(49-35(44)26-14-11-17-38-19-26)28(41)31(48-34(43)25-12-9-8-10-13-25)22(3)30(47-24(5)40)27-29(46-23(4)39)21(2)18-37(27,45)32(20)42/h8-17,19-21,27-31,33,41,45H,3,18H2,1-2,4-7H3/b16-15+/t20-,21+,27-,28-,29+,30+,31+,33-,37-/m1/s1. The Balaban J connectivity index is 1.96. The van der Waals surface area contributed by atoms with Crippen molar-refractivity contribution in [1.29, 1.82) is 0 Å². The highest BCUT2D eigenvalue weighted by molar-refractivity contribution is 5.92. The van der Waals surface area contributed by atoms with Crippen molar-refractivity contribution >= 4 is 29.7 Å². The third-order valence-electron chi connectivity index (χ3n) is 9.13. The number of allylic oxidation sites excluding steroid dienone is 1. The number of carbonyl (C=O) groups is 5. The third kappa shape index (κ3) is 7.97. The Labute approximate surface area is 285 Å². The van der Waals surface area contributed by atoms with E-state index in [-0.39, 0.29) is 23.1 Å². The minimum absolute atomic E-state index is 0.0767. The minimum Gasteiger partial charge on any atom is -0.462 e. The zero-order chi connectivity index (χ0) is 36.3. The Kier molecular flexibility index (Phi) is 11.2. The average Bonchev–Trinajstić information content (AvgIpc) is 3.31. The number of hydrogen-bond acceptors (Lipinski definition) is 12. The number of nitrogens with zero attached hydrogens (tertiary/aromatic N) is 1. The van der Waals surface area contributed by atoms with Crippen LogP contribution in [0.5, 0.6) is 0 Å². The lowest BCUT2D eigenvalue weighted by molar-refractivity contribution is -0.173. The van der Waals surface area contributed by atoms with E-state index in [0.29, 0.717) is 0 Å². The number of aromatic nitrogens is 1. The number of carbonyl (C=O) groups excluding carboxylic acids is 5. The van der Waals surface area contributed by atoms with Gasteiger partial charge in [0.25, 0.3) is 0 Å². The van der Waals surface area contributed by atoms with Crippen LogP contribution < -0.4 is 0 Å². The van der Waals surface area contributed by atoms with E-state index < -0.39 is 89.0 Å².